The summed E-state index contributed by atoms with van der Waals surface area (Å²) in [6, 6.07) is -15.6. The summed E-state index contributed by atoms with van der Waals surface area (Å²) in [5.41, 5.74) is 0. The lowest BCUT2D eigenvalue weighted by Crippen LogP contribution is -2.64. The van der Waals surface area contributed by atoms with Crippen molar-refractivity contribution >= 4 is 65.0 Å². The van der Waals surface area contributed by atoms with E-state index in [4.69, 9.17) is 4.74 Å². The minimum atomic E-state index is -3.51. The van der Waals surface area contributed by atoms with Gasteiger partial charge >= 0.3 is 0 Å². The average Bonchev–Trinajstić information content (AvgIpc) is 2.74. The van der Waals surface area contributed by atoms with Crippen molar-refractivity contribution in [2.45, 2.75) is 228 Å². The van der Waals surface area contributed by atoms with E-state index in [9.17, 15) is 43.2 Å². The average molecular weight is 1220 g/mol. The van der Waals surface area contributed by atoms with Crippen LogP contribution < -0.4 is 21.3 Å². The second-order valence-electron chi connectivity index (χ2n) is 26.4. The van der Waals surface area contributed by atoms with Crippen LogP contribution in [0, 0.1) is 41.4 Å². The van der Waals surface area contributed by atoms with Crippen molar-refractivity contribution in [2.75, 3.05) is 55.9 Å². The van der Waals surface area contributed by atoms with E-state index in [-0.39, 0.29) is 68.3 Å². The number of carbonyl (C=O) groups is 11. The van der Waals surface area contributed by atoms with Crippen LogP contribution in [0.3, 0.4) is 0 Å². The Labute approximate surface area is 510 Å². The second-order valence-corrected chi connectivity index (χ2v) is 26.4. The molecule has 0 aromatic rings. The minimum absolute atomic E-state index is 0.0772. The number of hydrogen-bond acceptors (Lipinski definition) is 12. The van der Waals surface area contributed by atoms with E-state index in [2.05, 4.69) is 21.3 Å². The lowest BCUT2D eigenvalue weighted by molar-refractivity contribution is -0.158. The zero-order chi connectivity index (χ0) is 66.4. The highest BCUT2D eigenvalue weighted by Gasteiger charge is 2.48. The fourth-order valence-corrected chi connectivity index (χ4v) is 11.3. The number of amides is 11. The number of hydrogen-bond donors (Lipinski definition) is 4. The molecule has 0 spiro atoms. The van der Waals surface area contributed by atoms with Crippen molar-refractivity contribution in [3.63, 3.8) is 0 Å². The Bertz CT molecular complexity index is 2380. The summed E-state index contributed by atoms with van der Waals surface area (Å²) in [6.07, 6.45) is -3.83. The van der Waals surface area contributed by atoms with Gasteiger partial charge in [0.2, 0.25) is 59.1 Å². The number of ether oxygens (including phenoxy) is 1. The molecular formula is C61H107F2N11O12. The Morgan fingerprint density at radius 3 is 1.24 bits per heavy atom. The smallest absolute Gasteiger partial charge is 0.267 e. The Hall–Kier alpha value is -6.01. The van der Waals surface area contributed by atoms with Crippen LogP contribution >= 0.6 is 0 Å². The van der Waals surface area contributed by atoms with E-state index in [0.717, 1.165) is 28.8 Å². The van der Waals surface area contributed by atoms with Gasteiger partial charge in [-0.25, -0.2) is 8.78 Å². The molecule has 2 saturated heterocycles. The molecule has 11 amide bonds. The first kappa shape index (κ1) is 76.1. The Kier molecular flexibility index (Phi) is 29.5. The van der Waals surface area contributed by atoms with Gasteiger partial charge in [0, 0.05) is 55.9 Å². The van der Waals surface area contributed by atoms with E-state index >= 15 is 18.4 Å². The molecule has 23 nitrogen and oxygen atoms in total. The number of nitrogens with one attached hydrogen (secondary N) is 4. The van der Waals surface area contributed by atoms with Crippen molar-refractivity contribution in [2.24, 2.45) is 41.4 Å². The molecule has 2 aliphatic rings. The highest BCUT2D eigenvalue weighted by Crippen LogP contribution is 2.29. The van der Waals surface area contributed by atoms with Crippen molar-refractivity contribution < 1.29 is 66.3 Å². The molecule has 2 heterocycles. The molecule has 0 aliphatic carbocycles. The van der Waals surface area contributed by atoms with Gasteiger partial charge in [-0.05, 0) is 93.8 Å². The van der Waals surface area contributed by atoms with Crippen LogP contribution in [-0.4, -0.2) is 234 Å². The van der Waals surface area contributed by atoms with Gasteiger partial charge in [-0.2, -0.15) is 0 Å². The van der Waals surface area contributed by atoms with Crippen LogP contribution in [0.2, 0.25) is 0 Å². The number of alkyl halides is 2. The molecule has 2 rings (SSSR count). The molecule has 0 aromatic heterocycles. The van der Waals surface area contributed by atoms with Gasteiger partial charge in [-0.3, -0.25) is 52.7 Å². The van der Waals surface area contributed by atoms with Crippen LogP contribution in [0.1, 0.15) is 149 Å². The van der Waals surface area contributed by atoms with Crippen molar-refractivity contribution in [3.05, 3.63) is 0 Å². The van der Waals surface area contributed by atoms with Crippen LogP contribution in [0.4, 0.5) is 8.78 Å². The Balaban J connectivity index is 3.01. The molecule has 13 atom stereocenters. The van der Waals surface area contributed by atoms with Gasteiger partial charge in [0.25, 0.3) is 12.3 Å². The first-order valence-electron chi connectivity index (χ1n) is 30.7. The number of nitrogens with zero attached hydrogens (tertiary/aromatic N) is 7. The number of carbonyl (C=O) groups excluding carboxylic acids is 11. The lowest BCUT2D eigenvalue weighted by Gasteiger charge is -2.41. The fraction of sp³-hybridized carbons (Fsp3) is 0.820. The van der Waals surface area contributed by atoms with Gasteiger partial charge in [0.05, 0.1) is 6.10 Å². The molecule has 0 saturated carbocycles. The highest BCUT2D eigenvalue weighted by molar-refractivity contribution is 6.00. The molecule has 2 aliphatic heterocycles. The molecule has 2 fully saturated rings. The first-order chi connectivity index (χ1) is 39.7. The summed E-state index contributed by atoms with van der Waals surface area (Å²) in [4.78, 5) is 168. The summed E-state index contributed by atoms with van der Waals surface area (Å²) in [6.45, 7) is 27.7. The minimum Gasteiger partial charge on any atom is -0.375 e. The van der Waals surface area contributed by atoms with E-state index in [1.54, 1.807) is 41.5 Å². The molecular weight excluding hydrogens is 1120 g/mol. The summed E-state index contributed by atoms with van der Waals surface area (Å²) in [7, 11) is 9.17. The monoisotopic (exact) mass is 1220 g/mol. The van der Waals surface area contributed by atoms with Gasteiger partial charge in [0.1, 0.15) is 60.4 Å². The van der Waals surface area contributed by atoms with Crippen LogP contribution in [0.25, 0.3) is 0 Å². The summed E-state index contributed by atoms with van der Waals surface area (Å²) < 4.78 is 37.1. The van der Waals surface area contributed by atoms with E-state index < -0.39 is 156 Å². The zero-order valence-electron chi connectivity index (χ0n) is 55.8. The van der Waals surface area contributed by atoms with E-state index in [1.165, 1.54) is 70.7 Å². The summed E-state index contributed by atoms with van der Waals surface area (Å²) in [5.74, 6) is -11.3. The highest BCUT2D eigenvalue weighted by atomic mass is 19.3. The van der Waals surface area contributed by atoms with Crippen molar-refractivity contribution in [1.82, 2.24) is 55.6 Å². The zero-order valence-corrected chi connectivity index (χ0v) is 55.8. The Morgan fingerprint density at radius 1 is 0.430 bits per heavy atom. The fourth-order valence-electron chi connectivity index (χ4n) is 11.3. The molecule has 0 radical (unpaired) electrons. The first-order valence-corrected chi connectivity index (χ1v) is 30.7. The van der Waals surface area contributed by atoms with Crippen LogP contribution in [-0.2, 0) is 57.5 Å². The Morgan fingerprint density at radius 2 is 0.826 bits per heavy atom. The third-order valence-electron chi connectivity index (χ3n) is 16.6. The molecule has 25 heteroatoms. The largest absolute Gasteiger partial charge is 0.375 e. The molecule has 492 valence electrons. The standard InChI is InChI=1S/C61H107F2N11O12/c1-24-40-56(80)74(23)48(50(62)63)61(85)69(18)42(28-32(4)5)53(77)67-45(35(10)11)59(83)68(17)41(27-31(2)3)52(76)64-38(15)51(75)65-39(16)55(79)70(19)43(29-33(6)7)57(81)71(20)44(30-34(8)9)58(82)72(21)46(36(12)13)60(84)73(22)47(54(78)66-40)49-37(14)25-26-86-49/h31-50H,24-30H2,1-23H3,(H,64,76)(H,65,75)(H,66,78)(H,67,77)/t37-,38+,39-,40+,41+,42+,43+,44+,45+,46+,47+,48-,49-/m1/s1. The maximum Gasteiger partial charge on any atom is 0.267 e. The number of halogens is 2. The second kappa shape index (κ2) is 33.4. The molecule has 4 N–H and O–H groups in total. The van der Waals surface area contributed by atoms with Crippen molar-refractivity contribution in [3.8, 4) is 0 Å². The third kappa shape index (κ3) is 19.5. The maximum atomic E-state index is 15.5. The molecule has 0 unspecified atom stereocenters. The molecule has 86 heavy (non-hydrogen) atoms. The van der Waals surface area contributed by atoms with E-state index in [0.29, 0.717) is 11.3 Å². The normalized spacial score (nSPS) is 29.5. The topological polar surface area (TPSA) is 268 Å². The van der Waals surface area contributed by atoms with Gasteiger partial charge in [-0.15, -0.1) is 0 Å². The van der Waals surface area contributed by atoms with E-state index in [1.807, 2.05) is 48.5 Å². The predicted octanol–water partition coefficient (Wildman–Crippen LogP) is 3.36. The number of rotatable bonds is 13. The quantitative estimate of drug-likeness (QED) is 0.207. The molecule has 0 aromatic carbocycles. The predicted molar refractivity (Wildman–Crippen MR) is 322 cm³/mol. The SMILES string of the molecule is CC[C@@H]1NC(=O)[C@H]([C@@H]2OCC[C@H]2C)N(C)C(=O)[C@H](C(C)C)N(C)C(=O)[C@H](CC(C)C)N(C)C(=O)[C@H](CC(C)C)N(C)C(=O)[C@@H](C)NC(=O)[C@H](C)NC(=O)[C@H](CC(C)C)N(C)C(=O)[C@H](C(C)C)NC(=O)[C@H](CC(C)C)N(C)C(=O)[C@@H](C(F)F)N(C)C1=O. The maximum absolute atomic E-state index is 15.5. The number of likely N-dealkylation sites (N-methyl/N-ethyl adjacent to an activating group) is 7. The van der Waals surface area contributed by atoms with Gasteiger partial charge in [0.15, 0.2) is 6.04 Å². The van der Waals surface area contributed by atoms with Crippen LogP contribution in [0.15, 0.2) is 0 Å². The van der Waals surface area contributed by atoms with Gasteiger partial charge < -0.3 is 60.3 Å². The van der Waals surface area contributed by atoms with Crippen molar-refractivity contribution in [1.29, 1.82) is 0 Å². The molecule has 0 bridgehead atoms. The lowest BCUT2D eigenvalue weighted by atomic mass is 9.93. The summed E-state index contributed by atoms with van der Waals surface area (Å²) in [5, 5.41) is 10.7. The summed E-state index contributed by atoms with van der Waals surface area (Å²) >= 11 is 0. The third-order valence-corrected chi connectivity index (χ3v) is 16.6. The van der Waals surface area contributed by atoms with Gasteiger partial charge in [-0.1, -0.05) is 96.9 Å². The van der Waals surface area contributed by atoms with Crippen LogP contribution in [0.5, 0.6) is 0 Å².